The Hall–Kier alpha value is -0.870. The molecular weight excluding hydrogens is 186 g/mol. The minimum absolute atomic E-state index is 0.232. The van der Waals surface area contributed by atoms with E-state index in [1.165, 1.54) is 7.11 Å². The summed E-state index contributed by atoms with van der Waals surface area (Å²) in [4.78, 5) is 12.3. The maximum atomic E-state index is 11.3. The molecule has 0 amide bonds. The topological polar surface area (TPSA) is 38.3 Å². The van der Waals surface area contributed by atoms with Gasteiger partial charge in [-0.25, -0.2) is 4.79 Å². The third kappa shape index (κ3) is 2.54. The zero-order chi connectivity index (χ0) is 9.68. The van der Waals surface area contributed by atoms with Crippen LogP contribution in [0.25, 0.3) is 0 Å². The van der Waals surface area contributed by atoms with Gasteiger partial charge < -0.3 is 10.1 Å². The van der Waals surface area contributed by atoms with Gasteiger partial charge in [0.05, 0.1) is 7.11 Å². The number of hydrogen-bond donors (Lipinski definition) is 1. The van der Waals surface area contributed by atoms with Crippen LogP contribution in [0.15, 0.2) is 17.5 Å². The number of likely N-dealkylation sites (N-methyl/N-ethyl adjacent to an activating group) is 1. The van der Waals surface area contributed by atoms with E-state index in [1.54, 1.807) is 11.3 Å². The van der Waals surface area contributed by atoms with Crippen molar-refractivity contribution in [2.45, 2.75) is 13.0 Å². The monoisotopic (exact) mass is 199 g/mol. The molecule has 0 radical (unpaired) electrons. The van der Waals surface area contributed by atoms with Gasteiger partial charge in [-0.05, 0) is 18.0 Å². The molecule has 1 unspecified atom stereocenters. The number of rotatable bonds is 4. The van der Waals surface area contributed by atoms with Crippen molar-refractivity contribution in [3.05, 3.63) is 22.4 Å². The molecule has 4 heteroatoms. The van der Waals surface area contributed by atoms with Crippen LogP contribution in [0, 0.1) is 0 Å². The number of thiophene rings is 1. The summed E-state index contributed by atoms with van der Waals surface area (Å²) in [6.45, 7) is 2.71. The fraction of sp³-hybridized carbons (Fsp3) is 0.444. The summed E-state index contributed by atoms with van der Waals surface area (Å²) in [5.41, 5.74) is 0. The molecule has 3 nitrogen and oxygen atoms in total. The molecule has 13 heavy (non-hydrogen) atoms. The van der Waals surface area contributed by atoms with Gasteiger partial charge in [-0.15, -0.1) is 11.3 Å². The molecule has 0 bridgehead atoms. The van der Waals surface area contributed by atoms with E-state index >= 15 is 0 Å². The Morgan fingerprint density at radius 1 is 1.77 bits per heavy atom. The van der Waals surface area contributed by atoms with Gasteiger partial charge in [-0.3, -0.25) is 0 Å². The first-order valence-electron chi connectivity index (χ1n) is 4.14. The molecule has 72 valence electrons. The number of ether oxygens (including phenoxy) is 1. The van der Waals surface area contributed by atoms with E-state index in [2.05, 4.69) is 5.32 Å². The highest BCUT2D eigenvalue weighted by Gasteiger charge is 2.20. The number of hydrogen-bond acceptors (Lipinski definition) is 4. The molecule has 0 fully saturated rings. The molecule has 0 saturated carbocycles. The number of carbonyl (C=O) groups is 1. The van der Waals surface area contributed by atoms with Crippen molar-refractivity contribution in [3.63, 3.8) is 0 Å². The largest absolute Gasteiger partial charge is 0.468 e. The highest BCUT2D eigenvalue weighted by atomic mass is 32.1. The van der Waals surface area contributed by atoms with Crippen LogP contribution >= 0.6 is 11.3 Å². The minimum Gasteiger partial charge on any atom is -0.468 e. The van der Waals surface area contributed by atoms with E-state index in [4.69, 9.17) is 4.74 Å². The lowest BCUT2D eigenvalue weighted by Crippen LogP contribution is -2.28. The summed E-state index contributed by atoms with van der Waals surface area (Å²) < 4.78 is 4.69. The van der Waals surface area contributed by atoms with Gasteiger partial charge in [0.2, 0.25) is 0 Å². The SMILES string of the molecule is CCNC(C(=O)OC)c1cccs1. The predicted octanol–water partition coefficient (Wildman–Crippen LogP) is 1.57. The van der Waals surface area contributed by atoms with Gasteiger partial charge in [0, 0.05) is 4.88 Å². The molecule has 0 saturated heterocycles. The summed E-state index contributed by atoms with van der Waals surface area (Å²) in [7, 11) is 1.40. The Balaban J connectivity index is 2.74. The first-order chi connectivity index (χ1) is 6.29. The first-order valence-corrected chi connectivity index (χ1v) is 5.02. The van der Waals surface area contributed by atoms with Crippen molar-refractivity contribution in [1.82, 2.24) is 5.32 Å². The zero-order valence-electron chi connectivity index (χ0n) is 7.74. The van der Waals surface area contributed by atoms with E-state index < -0.39 is 0 Å². The number of methoxy groups -OCH3 is 1. The van der Waals surface area contributed by atoms with E-state index in [9.17, 15) is 4.79 Å². The second-order valence-corrected chi connectivity index (χ2v) is 3.51. The maximum absolute atomic E-state index is 11.3. The van der Waals surface area contributed by atoms with E-state index in [0.29, 0.717) is 0 Å². The third-order valence-electron chi connectivity index (χ3n) is 1.67. The molecule has 1 aromatic rings. The van der Waals surface area contributed by atoms with Gasteiger partial charge in [0.15, 0.2) is 0 Å². The van der Waals surface area contributed by atoms with Gasteiger partial charge in [0.1, 0.15) is 6.04 Å². The lowest BCUT2D eigenvalue weighted by molar-refractivity contribution is -0.143. The molecule has 1 atom stereocenters. The first kappa shape index (κ1) is 10.2. The van der Waals surface area contributed by atoms with Crippen LogP contribution < -0.4 is 5.32 Å². The molecule has 0 aliphatic rings. The van der Waals surface area contributed by atoms with Gasteiger partial charge in [-0.2, -0.15) is 0 Å². The predicted molar refractivity (Wildman–Crippen MR) is 52.8 cm³/mol. The fourth-order valence-electron chi connectivity index (χ4n) is 1.08. The van der Waals surface area contributed by atoms with Crippen LogP contribution in [0.1, 0.15) is 17.8 Å². The Bertz CT molecular complexity index is 259. The average molecular weight is 199 g/mol. The lowest BCUT2D eigenvalue weighted by Gasteiger charge is -2.12. The smallest absolute Gasteiger partial charge is 0.328 e. The van der Waals surface area contributed by atoms with Crippen LogP contribution in [0.2, 0.25) is 0 Å². The standard InChI is InChI=1S/C9H13NO2S/c1-3-10-8(9(11)12-2)7-5-4-6-13-7/h4-6,8,10H,3H2,1-2H3. The minimum atomic E-state index is -0.310. The highest BCUT2D eigenvalue weighted by molar-refractivity contribution is 7.10. The summed E-state index contributed by atoms with van der Waals surface area (Å²) in [5, 5.41) is 5.02. The van der Waals surface area contributed by atoms with Crippen LogP contribution in [0.3, 0.4) is 0 Å². The number of carbonyl (C=O) groups excluding carboxylic acids is 1. The van der Waals surface area contributed by atoms with Gasteiger partial charge in [-0.1, -0.05) is 13.0 Å². The molecule has 0 aliphatic heterocycles. The Labute approximate surface area is 81.7 Å². The van der Waals surface area contributed by atoms with Crippen LogP contribution in [-0.2, 0) is 9.53 Å². The van der Waals surface area contributed by atoms with E-state index in [1.807, 2.05) is 24.4 Å². The molecule has 1 rings (SSSR count). The zero-order valence-corrected chi connectivity index (χ0v) is 8.56. The highest BCUT2D eigenvalue weighted by Crippen LogP contribution is 2.19. The normalized spacial score (nSPS) is 12.5. The summed E-state index contributed by atoms with van der Waals surface area (Å²) in [6.07, 6.45) is 0. The van der Waals surface area contributed by atoms with E-state index in [-0.39, 0.29) is 12.0 Å². The summed E-state index contributed by atoms with van der Waals surface area (Å²) in [5.74, 6) is -0.232. The average Bonchev–Trinajstić information content (AvgIpc) is 2.65. The van der Waals surface area contributed by atoms with Crippen molar-refractivity contribution >= 4 is 17.3 Å². The molecule has 0 aliphatic carbocycles. The Kier molecular flexibility index (Phi) is 3.92. The quantitative estimate of drug-likeness (QED) is 0.748. The second kappa shape index (κ2) is 4.99. The number of nitrogens with one attached hydrogen (secondary N) is 1. The Morgan fingerprint density at radius 2 is 2.54 bits per heavy atom. The molecule has 0 spiro atoms. The molecule has 1 N–H and O–H groups in total. The second-order valence-electron chi connectivity index (χ2n) is 2.53. The fourth-order valence-corrected chi connectivity index (χ4v) is 1.86. The van der Waals surface area contributed by atoms with Crippen LogP contribution in [0.4, 0.5) is 0 Å². The summed E-state index contributed by atoms with van der Waals surface area (Å²) >= 11 is 1.55. The van der Waals surface area contributed by atoms with E-state index in [0.717, 1.165) is 11.4 Å². The van der Waals surface area contributed by atoms with Gasteiger partial charge in [0.25, 0.3) is 0 Å². The van der Waals surface area contributed by atoms with Crippen molar-refractivity contribution in [3.8, 4) is 0 Å². The maximum Gasteiger partial charge on any atom is 0.328 e. The molecule has 1 heterocycles. The summed E-state index contributed by atoms with van der Waals surface area (Å²) in [6, 6.07) is 3.54. The van der Waals surface area contributed by atoms with Crippen molar-refractivity contribution < 1.29 is 9.53 Å². The number of esters is 1. The van der Waals surface area contributed by atoms with Gasteiger partial charge >= 0.3 is 5.97 Å². The molecule has 1 aromatic heterocycles. The van der Waals surface area contributed by atoms with Crippen LogP contribution in [-0.4, -0.2) is 19.6 Å². The molecule has 0 aromatic carbocycles. The Morgan fingerprint density at radius 3 is 3.00 bits per heavy atom. The van der Waals surface area contributed by atoms with Crippen molar-refractivity contribution in [1.29, 1.82) is 0 Å². The molecular formula is C9H13NO2S. The third-order valence-corrected chi connectivity index (χ3v) is 2.61. The lowest BCUT2D eigenvalue weighted by atomic mass is 10.2. The van der Waals surface area contributed by atoms with Crippen molar-refractivity contribution in [2.24, 2.45) is 0 Å². The van der Waals surface area contributed by atoms with Crippen molar-refractivity contribution in [2.75, 3.05) is 13.7 Å². The van der Waals surface area contributed by atoms with Crippen LogP contribution in [0.5, 0.6) is 0 Å².